The first-order valence-corrected chi connectivity index (χ1v) is 8.60. The van der Waals surface area contributed by atoms with Crippen molar-refractivity contribution >= 4 is 11.6 Å². The Morgan fingerprint density at radius 2 is 1.88 bits per heavy atom. The Labute approximate surface area is 144 Å². The smallest absolute Gasteiger partial charge is 0.229 e. The molecule has 0 saturated heterocycles. The van der Waals surface area contributed by atoms with Gasteiger partial charge in [0.2, 0.25) is 5.91 Å². The molecule has 0 aliphatic carbocycles. The summed E-state index contributed by atoms with van der Waals surface area (Å²) in [6, 6.07) is 14.8. The maximum atomic E-state index is 12.5. The fourth-order valence-electron chi connectivity index (χ4n) is 3.24. The number of aryl methyl sites for hydroxylation is 1. The number of rotatable bonds is 2. The third-order valence-electron chi connectivity index (χ3n) is 4.65. The second-order valence-corrected chi connectivity index (χ2v) is 7.58. The molecule has 1 amide bonds. The summed E-state index contributed by atoms with van der Waals surface area (Å²) in [6.07, 6.45) is 1.04. The zero-order valence-corrected chi connectivity index (χ0v) is 14.9. The molecule has 2 N–H and O–H groups in total. The summed E-state index contributed by atoms with van der Waals surface area (Å²) in [5.41, 5.74) is 5.54. The van der Waals surface area contributed by atoms with Crippen LogP contribution in [-0.4, -0.2) is 12.5 Å². The molecule has 3 heteroatoms. The number of benzene rings is 2. The van der Waals surface area contributed by atoms with Crippen molar-refractivity contribution in [2.45, 2.75) is 40.2 Å². The molecule has 0 aromatic heterocycles. The van der Waals surface area contributed by atoms with Crippen LogP contribution < -0.4 is 10.6 Å². The zero-order chi connectivity index (χ0) is 17.3. The van der Waals surface area contributed by atoms with E-state index in [2.05, 4.69) is 47.9 Å². The lowest BCUT2D eigenvalue weighted by Gasteiger charge is -2.30. The summed E-state index contributed by atoms with van der Waals surface area (Å²) in [4.78, 5) is 12.5. The number of anilines is 1. The molecular weight excluding hydrogens is 296 g/mol. The number of fused-ring (bicyclic) bond motifs is 1. The monoisotopic (exact) mass is 322 g/mol. The van der Waals surface area contributed by atoms with Crippen molar-refractivity contribution in [1.29, 1.82) is 0 Å². The van der Waals surface area contributed by atoms with E-state index in [1.165, 1.54) is 22.3 Å². The Bertz CT molecular complexity index is 759. The molecule has 24 heavy (non-hydrogen) atoms. The van der Waals surface area contributed by atoms with Crippen LogP contribution in [0.15, 0.2) is 42.5 Å². The third-order valence-corrected chi connectivity index (χ3v) is 4.65. The van der Waals surface area contributed by atoms with Gasteiger partial charge < -0.3 is 10.6 Å². The van der Waals surface area contributed by atoms with Gasteiger partial charge in [-0.2, -0.15) is 0 Å². The molecule has 0 spiro atoms. The zero-order valence-electron chi connectivity index (χ0n) is 14.9. The minimum atomic E-state index is -0.418. The summed E-state index contributed by atoms with van der Waals surface area (Å²) in [7, 11) is 0. The van der Waals surface area contributed by atoms with Crippen molar-refractivity contribution in [3.05, 3.63) is 64.7 Å². The minimum absolute atomic E-state index is 0.0402. The van der Waals surface area contributed by atoms with Crippen LogP contribution in [0.1, 0.15) is 49.1 Å². The highest BCUT2D eigenvalue weighted by atomic mass is 16.2. The number of carbonyl (C=O) groups is 1. The maximum Gasteiger partial charge on any atom is 0.229 e. The maximum absolute atomic E-state index is 12.5. The summed E-state index contributed by atoms with van der Waals surface area (Å²) < 4.78 is 0. The average molecular weight is 322 g/mol. The van der Waals surface area contributed by atoms with E-state index in [-0.39, 0.29) is 11.9 Å². The van der Waals surface area contributed by atoms with Crippen LogP contribution in [0.5, 0.6) is 0 Å². The van der Waals surface area contributed by atoms with Crippen LogP contribution in [0, 0.1) is 12.3 Å². The molecule has 1 atom stereocenters. The van der Waals surface area contributed by atoms with Crippen LogP contribution in [0.4, 0.5) is 5.69 Å². The van der Waals surface area contributed by atoms with Crippen molar-refractivity contribution in [3.8, 4) is 0 Å². The number of nitrogens with one attached hydrogen (secondary N) is 2. The molecule has 1 aliphatic heterocycles. The predicted octanol–water partition coefficient (Wildman–Crippen LogP) is 4.21. The van der Waals surface area contributed by atoms with Crippen LogP contribution in [0.3, 0.4) is 0 Å². The van der Waals surface area contributed by atoms with Gasteiger partial charge in [-0.15, -0.1) is 0 Å². The lowest BCUT2D eigenvalue weighted by Crippen LogP contribution is -2.33. The molecule has 3 nitrogen and oxygen atoms in total. The van der Waals surface area contributed by atoms with Crippen molar-refractivity contribution in [1.82, 2.24) is 5.32 Å². The molecule has 126 valence electrons. The highest BCUT2D eigenvalue weighted by Crippen LogP contribution is 2.35. The first-order chi connectivity index (χ1) is 11.4. The van der Waals surface area contributed by atoms with E-state index in [9.17, 15) is 4.79 Å². The summed E-state index contributed by atoms with van der Waals surface area (Å²) >= 11 is 0. The quantitative estimate of drug-likeness (QED) is 0.869. The lowest BCUT2D eigenvalue weighted by atomic mass is 9.86. The fraction of sp³-hybridized carbons (Fsp3) is 0.381. The molecule has 0 radical (unpaired) electrons. The largest absolute Gasteiger partial charge is 0.325 e. The van der Waals surface area contributed by atoms with E-state index in [0.29, 0.717) is 0 Å². The van der Waals surface area contributed by atoms with Gasteiger partial charge in [0.25, 0.3) is 0 Å². The van der Waals surface area contributed by atoms with Gasteiger partial charge in [-0.3, -0.25) is 4.79 Å². The normalized spacial score (nSPS) is 17.2. The van der Waals surface area contributed by atoms with Crippen LogP contribution in [0.25, 0.3) is 0 Å². The molecule has 1 heterocycles. The van der Waals surface area contributed by atoms with Gasteiger partial charge >= 0.3 is 0 Å². The minimum Gasteiger partial charge on any atom is -0.325 e. The van der Waals surface area contributed by atoms with Gasteiger partial charge in [0.15, 0.2) is 0 Å². The van der Waals surface area contributed by atoms with Gasteiger partial charge in [-0.1, -0.05) is 57.2 Å². The molecule has 0 fully saturated rings. The van der Waals surface area contributed by atoms with E-state index in [1.54, 1.807) is 0 Å². The average Bonchev–Trinajstić information content (AvgIpc) is 2.54. The standard InChI is InChI=1S/C21H26N2O/c1-14-8-7-11-17(23-20(24)21(2,3)4)18(14)19-16-10-6-5-9-15(16)12-13-22-19/h5-11,19,22H,12-13H2,1-4H3,(H,23,24). The van der Waals surface area contributed by atoms with Gasteiger partial charge in [0.05, 0.1) is 6.04 Å². The van der Waals surface area contributed by atoms with Gasteiger partial charge in [-0.25, -0.2) is 0 Å². The molecule has 2 aromatic carbocycles. The first kappa shape index (κ1) is 16.7. The fourth-order valence-corrected chi connectivity index (χ4v) is 3.24. The molecule has 1 aliphatic rings. The molecule has 2 aromatic rings. The molecule has 3 rings (SSSR count). The van der Waals surface area contributed by atoms with Crippen LogP contribution >= 0.6 is 0 Å². The van der Waals surface area contributed by atoms with Crippen LogP contribution in [-0.2, 0) is 11.2 Å². The summed E-state index contributed by atoms with van der Waals surface area (Å²) in [5.74, 6) is 0.0402. The van der Waals surface area contributed by atoms with E-state index < -0.39 is 5.41 Å². The Morgan fingerprint density at radius 1 is 1.12 bits per heavy atom. The van der Waals surface area contributed by atoms with Crippen molar-refractivity contribution in [2.24, 2.45) is 5.41 Å². The van der Waals surface area contributed by atoms with Crippen molar-refractivity contribution in [2.75, 3.05) is 11.9 Å². The molecule has 0 bridgehead atoms. The van der Waals surface area contributed by atoms with Crippen molar-refractivity contribution in [3.63, 3.8) is 0 Å². The predicted molar refractivity (Wildman–Crippen MR) is 99.3 cm³/mol. The Morgan fingerprint density at radius 3 is 2.62 bits per heavy atom. The Balaban J connectivity index is 2.05. The molecule has 0 saturated carbocycles. The van der Waals surface area contributed by atoms with E-state index in [0.717, 1.165) is 18.7 Å². The van der Waals surface area contributed by atoms with Gasteiger partial charge in [0.1, 0.15) is 0 Å². The Kier molecular flexibility index (Phi) is 4.46. The highest BCUT2D eigenvalue weighted by molar-refractivity contribution is 5.95. The molecular formula is C21H26N2O. The topological polar surface area (TPSA) is 41.1 Å². The Hall–Kier alpha value is -2.13. The summed E-state index contributed by atoms with van der Waals surface area (Å²) in [6.45, 7) is 8.87. The second-order valence-electron chi connectivity index (χ2n) is 7.58. The third kappa shape index (κ3) is 3.22. The first-order valence-electron chi connectivity index (χ1n) is 8.60. The number of hydrogen-bond acceptors (Lipinski definition) is 2. The molecule has 1 unspecified atom stereocenters. The highest BCUT2D eigenvalue weighted by Gasteiger charge is 2.27. The van der Waals surface area contributed by atoms with Gasteiger partial charge in [0, 0.05) is 23.2 Å². The SMILES string of the molecule is Cc1cccc(NC(=O)C(C)(C)C)c1C1NCCc2ccccc21. The summed E-state index contributed by atoms with van der Waals surface area (Å²) in [5, 5.41) is 6.77. The van der Waals surface area contributed by atoms with E-state index in [1.807, 2.05) is 32.9 Å². The van der Waals surface area contributed by atoms with E-state index in [4.69, 9.17) is 0 Å². The number of amides is 1. The van der Waals surface area contributed by atoms with E-state index >= 15 is 0 Å². The number of hydrogen-bond donors (Lipinski definition) is 2. The second kappa shape index (κ2) is 6.40. The van der Waals surface area contributed by atoms with Crippen LogP contribution in [0.2, 0.25) is 0 Å². The van der Waals surface area contributed by atoms with Crippen molar-refractivity contribution < 1.29 is 4.79 Å². The number of carbonyl (C=O) groups excluding carboxylic acids is 1. The van der Waals surface area contributed by atoms with Gasteiger partial charge in [-0.05, 0) is 36.1 Å². The lowest BCUT2D eigenvalue weighted by molar-refractivity contribution is -0.123.